The molecule has 1 fully saturated rings. The fraction of sp³-hybridized carbons (Fsp3) is 0.429. The van der Waals surface area contributed by atoms with E-state index in [1.807, 2.05) is 0 Å². The van der Waals surface area contributed by atoms with Gasteiger partial charge in [0.1, 0.15) is 13.1 Å². The monoisotopic (exact) mass is 325 g/mol. The summed E-state index contributed by atoms with van der Waals surface area (Å²) in [7, 11) is 0. The first-order valence-electron chi connectivity index (χ1n) is 7.16. The Bertz CT molecular complexity index is 533. The number of quaternary nitrogens is 1. The number of aromatic hydroxyl groups is 2. The summed E-state index contributed by atoms with van der Waals surface area (Å²) in [5, 5.41) is 26.4. The fourth-order valence-electron chi connectivity index (χ4n) is 2.12. The fourth-order valence-corrected chi connectivity index (χ4v) is 2.27. The highest BCUT2D eigenvalue weighted by Crippen LogP contribution is 2.26. The van der Waals surface area contributed by atoms with Gasteiger partial charge < -0.3 is 25.2 Å². The first-order chi connectivity index (χ1) is 10.7. The van der Waals surface area contributed by atoms with Crippen LogP contribution in [0.1, 0.15) is 5.56 Å². The van der Waals surface area contributed by atoms with Crippen LogP contribution in [-0.2, 0) is 4.74 Å². The van der Waals surface area contributed by atoms with Gasteiger partial charge in [0.05, 0.1) is 32.5 Å². The van der Waals surface area contributed by atoms with Crippen LogP contribution in [0.25, 0.3) is 0 Å². The number of para-hydroxylation sites is 1. The van der Waals surface area contributed by atoms with Crippen molar-refractivity contribution in [3.63, 3.8) is 0 Å². The van der Waals surface area contributed by atoms with Gasteiger partial charge in [-0.25, -0.2) is 0 Å². The van der Waals surface area contributed by atoms with Crippen LogP contribution < -0.4 is 15.6 Å². The van der Waals surface area contributed by atoms with Gasteiger partial charge in [-0.05, 0) is 24.4 Å². The molecule has 1 aromatic carbocycles. The number of phenols is 2. The van der Waals surface area contributed by atoms with Gasteiger partial charge in [-0.2, -0.15) is 5.10 Å². The largest absolute Gasteiger partial charge is 0.504 e. The molecule has 0 unspecified atom stereocenters. The van der Waals surface area contributed by atoms with Crippen molar-refractivity contribution >= 4 is 23.5 Å². The third-order valence-electron chi connectivity index (χ3n) is 3.38. The van der Waals surface area contributed by atoms with Crippen LogP contribution in [0, 0.1) is 0 Å². The van der Waals surface area contributed by atoms with Crippen molar-refractivity contribution in [3.8, 4) is 11.5 Å². The summed E-state index contributed by atoms with van der Waals surface area (Å²) in [6.07, 6.45) is 1.40. The molecule has 0 atom stereocenters. The molecular formula is C14H21N4O3S+. The van der Waals surface area contributed by atoms with Gasteiger partial charge in [-0.15, -0.1) is 0 Å². The van der Waals surface area contributed by atoms with Crippen molar-refractivity contribution in [2.75, 3.05) is 39.4 Å². The van der Waals surface area contributed by atoms with Crippen LogP contribution in [0.3, 0.4) is 0 Å². The van der Waals surface area contributed by atoms with Crippen molar-refractivity contribution in [2.24, 2.45) is 5.10 Å². The zero-order valence-corrected chi connectivity index (χ0v) is 13.0. The first kappa shape index (κ1) is 16.5. The van der Waals surface area contributed by atoms with Gasteiger partial charge in [0.25, 0.3) is 0 Å². The van der Waals surface area contributed by atoms with Crippen molar-refractivity contribution in [1.29, 1.82) is 0 Å². The molecule has 1 saturated heterocycles. The third-order valence-corrected chi connectivity index (χ3v) is 3.62. The first-order valence-corrected chi connectivity index (χ1v) is 7.57. The Morgan fingerprint density at radius 1 is 1.36 bits per heavy atom. The molecule has 0 radical (unpaired) electrons. The standard InChI is InChI=1S/C14H20N4O3S/c19-12-3-1-2-11(13(12)20)10-16-17-14(22)15-4-5-18-6-8-21-9-7-18/h1-3,10,19-20H,4-9H2,(H2,15,17,22)/p+1/b16-10+. The molecule has 0 aliphatic carbocycles. The van der Waals surface area contributed by atoms with Crippen molar-refractivity contribution in [3.05, 3.63) is 23.8 Å². The normalized spacial score (nSPS) is 15.8. The van der Waals surface area contributed by atoms with Gasteiger partial charge in [-0.3, -0.25) is 5.43 Å². The van der Waals surface area contributed by atoms with Crippen molar-refractivity contribution in [1.82, 2.24) is 10.7 Å². The molecule has 1 aliphatic heterocycles. The number of thiocarbonyl (C=S) groups is 1. The van der Waals surface area contributed by atoms with Gasteiger partial charge >= 0.3 is 0 Å². The molecule has 2 rings (SSSR count). The predicted octanol–water partition coefficient (Wildman–Crippen LogP) is -1.19. The van der Waals surface area contributed by atoms with E-state index >= 15 is 0 Å². The number of ether oxygens (including phenoxy) is 1. The third kappa shape index (κ3) is 5.14. The minimum atomic E-state index is -0.206. The van der Waals surface area contributed by atoms with E-state index in [1.54, 1.807) is 12.1 Å². The summed E-state index contributed by atoms with van der Waals surface area (Å²) < 4.78 is 5.30. The predicted molar refractivity (Wildman–Crippen MR) is 87.5 cm³/mol. The summed E-state index contributed by atoms with van der Waals surface area (Å²) >= 11 is 5.11. The second-order valence-corrected chi connectivity index (χ2v) is 5.36. The van der Waals surface area contributed by atoms with E-state index in [0.717, 1.165) is 39.4 Å². The van der Waals surface area contributed by atoms with E-state index in [-0.39, 0.29) is 11.5 Å². The van der Waals surface area contributed by atoms with E-state index in [4.69, 9.17) is 17.0 Å². The Hall–Kier alpha value is -1.90. The molecule has 0 aromatic heterocycles. The van der Waals surface area contributed by atoms with E-state index < -0.39 is 0 Å². The SMILES string of the molecule is Oc1cccc(/C=N/NC(=S)NCC[NH+]2CCOCC2)c1O. The Morgan fingerprint density at radius 3 is 2.91 bits per heavy atom. The highest BCUT2D eigenvalue weighted by molar-refractivity contribution is 7.80. The number of phenolic OH excluding ortho intramolecular Hbond substituents is 2. The molecule has 22 heavy (non-hydrogen) atoms. The molecule has 0 bridgehead atoms. The lowest BCUT2D eigenvalue weighted by Crippen LogP contribution is -3.14. The number of benzene rings is 1. The van der Waals surface area contributed by atoms with E-state index in [2.05, 4.69) is 15.8 Å². The van der Waals surface area contributed by atoms with E-state index in [1.165, 1.54) is 17.2 Å². The van der Waals surface area contributed by atoms with E-state index in [9.17, 15) is 10.2 Å². The lowest BCUT2D eigenvalue weighted by molar-refractivity contribution is -0.906. The Kier molecular flexibility index (Phi) is 6.38. The smallest absolute Gasteiger partial charge is 0.187 e. The van der Waals surface area contributed by atoms with Crippen LogP contribution in [0.4, 0.5) is 0 Å². The Labute approximate surface area is 134 Å². The topological polar surface area (TPSA) is 90.6 Å². The number of nitrogens with one attached hydrogen (secondary N) is 3. The summed E-state index contributed by atoms with van der Waals surface area (Å²) in [6.45, 7) is 5.41. The van der Waals surface area contributed by atoms with Crippen LogP contribution in [-0.4, -0.2) is 60.9 Å². The summed E-state index contributed by atoms with van der Waals surface area (Å²) in [5.74, 6) is -0.388. The zero-order chi connectivity index (χ0) is 15.8. The highest BCUT2D eigenvalue weighted by atomic mass is 32.1. The minimum Gasteiger partial charge on any atom is -0.504 e. The molecule has 8 heteroatoms. The van der Waals surface area contributed by atoms with Crippen molar-refractivity contribution < 1.29 is 19.8 Å². The molecule has 7 nitrogen and oxygen atoms in total. The highest BCUT2D eigenvalue weighted by Gasteiger charge is 2.12. The number of nitrogens with zero attached hydrogens (tertiary/aromatic N) is 1. The maximum absolute atomic E-state index is 9.62. The molecule has 1 heterocycles. The number of morpholine rings is 1. The Morgan fingerprint density at radius 2 is 2.14 bits per heavy atom. The quantitative estimate of drug-likeness (QED) is 0.202. The number of hydrogen-bond acceptors (Lipinski definition) is 5. The van der Waals surface area contributed by atoms with Gasteiger partial charge in [-0.1, -0.05) is 6.07 Å². The van der Waals surface area contributed by atoms with Crippen molar-refractivity contribution in [2.45, 2.75) is 0 Å². The maximum Gasteiger partial charge on any atom is 0.187 e. The molecule has 0 spiro atoms. The second kappa shape index (κ2) is 8.52. The summed E-state index contributed by atoms with van der Waals surface area (Å²) in [4.78, 5) is 1.50. The van der Waals surface area contributed by atoms with Gasteiger partial charge in [0.15, 0.2) is 16.6 Å². The number of rotatable bonds is 5. The molecule has 5 N–H and O–H groups in total. The van der Waals surface area contributed by atoms with Gasteiger partial charge in [0, 0.05) is 5.56 Å². The average Bonchev–Trinajstić information content (AvgIpc) is 2.52. The van der Waals surface area contributed by atoms with Crippen LogP contribution in [0.5, 0.6) is 11.5 Å². The molecular weight excluding hydrogens is 304 g/mol. The van der Waals surface area contributed by atoms with Crippen LogP contribution in [0.2, 0.25) is 0 Å². The maximum atomic E-state index is 9.62. The van der Waals surface area contributed by atoms with Crippen LogP contribution >= 0.6 is 12.2 Å². The lowest BCUT2D eigenvalue weighted by atomic mass is 10.2. The molecule has 1 aliphatic rings. The molecule has 120 valence electrons. The molecule has 0 saturated carbocycles. The minimum absolute atomic E-state index is 0.182. The van der Waals surface area contributed by atoms with E-state index in [0.29, 0.717) is 10.7 Å². The van der Waals surface area contributed by atoms with Crippen LogP contribution in [0.15, 0.2) is 23.3 Å². The molecule has 0 amide bonds. The average molecular weight is 325 g/mol. The Balaban J connectivity index is 1.68. The second-order valence-electron chi connectivity index (χ2n) is 4.95. The summed E-state index contributed by atoms with van der Waals surface area (Å²) in [6, 6.07) is 4.66. The number of hydrazone groups is 1. The summed E-state index contributed by atoms with van der Waals surface area (Å²) in [5.41, 5.74) is 3.09. The number of hydrogen-bond donors (Lipinski definition) is 5. The molecule has 1 aromatic rings. The lowest BCUT2D eigenvalue weighted by Gasteiger charge is -2.23. The van der Waals surface area contributed by atoms with Gasteiger partial charge in [0.2, 0.25) is 0 Å². The zero-order valence-electron chi connectivity index (χ0n) is 12.2.